The van der Waals surface area contributed by atoms with Crippen molar-refractivity contribution in [2.45, 2.75) is 45.2 Å². The van der Waals surface area contributed by atoms with Crippen molar-refractivity contribution in [3.8, 4) is 0 Å². The lowest BCUT2D eigenvalue weighted by atomic mass is 10.1. The number of rotatable bonds is 6. The lowest BCUT2D eigenvalue weighted by molar-refractivity contribution is -0.121. The Morgan fingerprint density at radius 1 is 1.50 bits per heavy atom. The summed E-state index contributed by atoms with van der Waals surface area (Å²) in [6.45, 7) is 6.06. The molecule has 0 spiro atoms. The Kier molecular flexibility index (Phi) is 5.94. The zero-order valence-corrected chi connectivity index (χ0v) is 13.3. The molecule has 2 rings (SSSR count). The van der Waals surface area contributed by atoms with E-state index in [1.54, 1.807) is 6.07 Å². The van der Waals surface area contributed by atoms with Crippen molar-refractivity contribution in [3.63, 3.8) is 0 Å². The summed E-state index contributed by atoms with van der Waals surface area (Å²) in [7, 11) is 0. The maximum Gasteiger partial charge on any atom is 0.271 e. The lowest BCUT2D eigenvalue weighted by Crippen LogP contribution is -2.34. The van der Waals surface area contributed by atoms with E-state index in [4.69, 9.17) is 0 Å². The molecule has 1 unspecified atom stereocenters. The fraction of sp³-hybridized carbons (Fsp3) is 0.667. The molecule has 1 fully saturated rings. The highest BCUT2D eigenvalue weighted by Crippen LogP contribution is 2.15. The summed E-state index contributed by atoms with van der Waals surface area (Å²) >= 11 is 0. The van der Waals surface area contributed by atoms with Crippen LogP contribution in [0.4, 0.5) is 0 Å². The van der Waals surface area contributed by atoms with Crippen LogP contribution in [0.2, 0.25) is 0 Å². The van der Waals surface area contributed by atoms with E-state index in [1.165, 1.54) is 0 Å². The number of amides is 2. The van der Waals surface area contributed by atoms with Crippen molar-refractivity contribution in [3.05, 3.63) is 18.0 Å². The Balaban J connectivity index is 1.78. The third-order valence-electron chi connectivity index (χ3n) is 3.57. The number of hydrogen-bond acceptors (Lipinski definition) is 4. The van der Waals surface area contributed by atoms with Crippen molar-refractivity contribution >= 4 is 11.8 Å². The Bertz CT molecular complexity index is 506. The zero-order valence-electron chi connectivity index (χ0n) is 13.3. The number of nitrogens with zero attached hydrogens (tertiary/aromatic N) is 2. The van der Waals surface area contributed by atoms with Gasteiger partial charge in [0, 0.05) is 31.7 Å². The van der Waals surface area contributed by atoms with Crippen LogP contribution in [0, 0.1) is 0 Å². The molecule has 2 heterocycles. The van der Waals surface area contributed by atoms with Crippen molar-refractivity contribution in [1.29, 1.82) is 0 Å². The van der Waals surface area contributed by atoms with Crippen molar-refractivity contribution in [2.75, 3.05) is 19.6 Å². The largest absolute Gasteiger partial charge is 0.354 e. The first-order valence-corrected chi connectivity index (χ1v) is 7.89. The summed E-state index contributed by atoms with van der Waals surface area (Å²) < 4.78 is 1.85. The molecular weight excluding hydrogens is 282 g/mol. The van der Waals surface area contributed by atoms with Gasteiger partial charge in [-0.15, -0.1) is 0 Å². The Hall–Kier alpha value is -1.89. The molecule has 1 saturated heterocycles. The van der Waals surface area contributed by atoms with Gasteiger partial charge in [0.15, 0.2) is 0 Å². The summed E-state index contributed by atoms with van der Waals surface area (Å²) in [4.78, 5) is 23.5. The first kappa shape index (κ1) is 16.5. The van der Waals surface area contributed by atoms with Crippen LogP contribution in [0.15, 0.2) is 12.3 Å². The molecule has 122 valence electrons. The molecule has 1 aromatic rings. The van der Waals surface area contributed by atoms with Gasteiger partial charge in [0.2, 0.25) is 5.91 Å². The molecule has 7 heteroatoms. The molecule has 0 bridgehead atoms. The number of piperidine rings is 1. The number of carbonyl (C=O) groups excluding carboxylic acids is 2. The minimum atomic E-state index is -0.236. The maximum atomic E-state index is 12.0. The molecule has 0 saturated carbocycles. The number of hydrogen-bond donors (Lipinski definition) is 3. The number of carbonyl (C=O) groups is 2. The second kappa shape index (κ2) is 7.93. The monoisotopic (exact) mass is 307 g/mol. The van der Waals surface area contributed by atoms with E-state index in [9.17, 15) is 9.59 Å². The summed E-state index contributed by atoms with van der Waals surface area (Å²) in [5.41, 5.74) is 0.398. The van der Waals surface area contributed by atoms with Gasteiger partial charge in [-0.25, -0.2) is 0 Å². The van der Waals surface area contributed by atoms with Crippen molar-refractivity contribution in [1.82, 2.24) is 25.7 Å². The Labute approximate surface area is 130 Å². The molecule has 2 amide bonds. The summed E-state index contributed by atoms with van der Waals surface area (Å²) in [5.74, 6) is -0.297. The van der Waals surface area contributed by atoms with Crippen molar-refractivity contribution in [2.24, 2.45) is 0 Å². The SMILES string of the molecule is CC(C)NC(=O)CCNC(=O)c1ccn(C2CCCNC2)n1. The molecule has 0 aliphatic carbocycles. The van der Waals surface area contributed by atoms with Gasteiger partial charge < -0.3 is 16.0 Å². The van der Waals surface area contributed by atoms with Gasteiger partial charge in [0.05, 0.1) is 6.04 Å². The fourth-order valence-electron chi connectivity index (χ4n) is 2.50. The van der Waals surface area contributed by atoms with Gasteiger partial charge in [-0.2, -0.15) is 5.10 Å². The van der Waals surface area contributed by atoms with Crippen LogP contribution in [-0.2, 0) is 4.79 Å². The molecule has 1 aliphatic rings. The average Bonchev–Trinajstić information content (AvgIpc) is 2.97. The van der Waals surface area contributed by atoms with E-state index in [0.29, 0.717) is 18.3 Å². The second-order valence-electron chi connectivity index (χ2n) is 5.91. The van der Waals surface area contributed by atoms with Gasteiger partial charge in [-0.1, -0.05) is 0 Å². The number of nitrogens with one attached hydrogen (secondary N) is 3. The standard InChI is InChI=1S/C15H25N5O2/c1-11(2)18-14(21)5-8-17-15(22)13-6-9-20(19-13)12-4-3-7-16-10-12/h6,9,11-12,16H,3-5,7-8,10H2,1-2H3,(H,17,22)(H,18,21). The van der Waals surface area contributed by atoms with Crippen LogP contribution < -0.4 is 16.0 Å². The molecule has 1 atom stereocenters. The van der Waals surface area contributed by atoms with Gasteiger partial charge in [-0.3, -0.25) is 14.3 Å². The first-order valence-electron chi connectivity index (χ1n) is 7.89. The van der Waals surface area contributed by atoms with Crippen LogP contribution in [0.25, 0.3) is 0 Å². The lowest BCUT2D eigenvalue weighted by Gasteiger charge is -2.22. The van der Waals surface area contributed by atoms with Crippen LogP contribution in [0.1, 0.15) is 49.6 Å². The second-order valence-corrected chi connectivity index (χ2v) is 5.91. The summed E-state index contributed by atoms with van der Waals surface area (Å²) in [6, 6.07) is 2.15. The van der Waals surface area contributed by atoms with Crippen molar-refractivity contribution < 1.29 is 9.59 Å². The molecule has 3 N–H and O–H groups in total. The molecule has 0 radical (unpaired) electrons. The quantitative estimate of drug-likeness (QED) is 0.712. The van der Waals surface area contributed by atoms with E-state index in [2.05, 4.69) is 21.0 Å². The Morgan fingerprint density at radius 3 is 3.00 bits per heavy atom. The molecule has 1 aromatic heterocycles. The average molecular weight is 307 g/mol. The molecular formula is C15H25N5O2. The Morgan fingerprint density at radius 2 is 2.32 bits per heavy atom. The molecule has 22 heavy (non-hydrogen) atoms. The first-order chi connectivity index (χ1) is 10.6. The summed E-state index contributed by atoms with van der Waals surface area (Å²) in [5, 5.41) is 13.2. The number of aromatic nitrogens is 2. The third kappa shape index (κ3) is 4.84. The van der Waals surface area contributed by atoms with Gasteiger partial charge >= 0.3 is 0 Å². The smallest absolute Gasteiger partial charge is 0.271 e. The highest BCUT2D eigenvalue weighted by molar-refractivity contribution is 5.92. The van der Waals surface area contributed by atoms with E-state index >= 15 is 0 Å². The van der Waals surface area contributed by atoms with Crippen LogP contribution in [0.3, 0.4) is 0 Å². The predicted molar refractivity (Wildman–Crippen MR) is 83.6 cm³/mol. The third-order valence-corrected chi connectivity index (χ3v) is 3.57. The molecule has 7 nitrogen and oxygen atoms in total. The summed E-state index contributed by atoms with van der Waals surface area (Å²) in [6.07, 6.45) is 4.32. The molecule has 0 aromatic carbocycles. The minimum Gasteiger partial charge on any atom is -0.354 e. The van der Waals surface area contributed by atoms with Crippen LogP contribution in [0.5, 0.6) is 0 Å². The van der Waals surface area contributed by atoms with Crippen LogP contribution in [-0.4, -0.2) is 47.3 Å². The zero-order chi connectivity index (χ0) is 15.9. The topological polar surface area (TPSA) is 88.0 Å². The van der Waals surface area contributed by atoms with Gasteiger partial charge in [0.1, 0.15) is 5.69 Å². The normalized spacial score (nSPS) is 18.2. The fourth-order valence-corrected chi connectivity index (χ4v) is 2.50. The van der Waals surface area contributed by atoms with Gasteiger partial charge in [0.25, 0.3) is 5.91 Å². The maximum absolute atomic E-state index is 12.0. The van der Waals surface area contributed by atoms with E-state index in [-0.39, 0.29) is 24.3 Å². The minimum absolute atomic E-state index is 0.0610. The van der Waals surface area contributed by atoms with E-state index in [0.717, 1.165) is 25.9 Å². The highest BCUT2D eigenvalue weighted by Gasteiger charge is 2.17. The predicted octanol–water partition coefficient (Wildman–Crippen LogP) is 0.452. The molecule has 1 aliphatic heterocycles. The van der Waals surface area contributed by atoms with Crippen LogP contribution >= 0.6 is 0 Å². The van der Waals surface area contributed by atoms with Gasteiger partial charge in [-0.05, 0) is 39.3 Å². The van der Waals surface area contributed by atoms with E-state index in [1.807, 2.05) is 24.7 Å². The highest BCUT2D eigenvalue weighted by atomic mass is 16.2. The van der Waals surface area contributed by atoms with E-state index < -0.39 is 0 Å².